The molecule has 6 nitrogen and oxygen atoms in total. The van der Waals surface area contributed by atoms with Crippen LogP contribution in [-0.4, -0.2) is 27.7 Å². The molecule has 1 aromatic heterocycles. The molecule has 0 fully saturated rings. The molecule has 0 amide bonds. The number of ether oxygens (including phenoxy) is 1. The van der Waals surface area contributed by atoms with Crippen LogP contribution < -0.4 is 9.04 Å². The number of nitrogens with zero attached hydrogens (tertiary/aromatic N) is 2. The van der Waals surface area contributed by atoms with E-state index in [2.05, 4.69) is 21.1 Å². The van der Waals surface area contributed by atoms with E-state index in [1.165, 1.54) is 30.6 Å². The third-order valence-electron chi connectivity index (χ3n) is 3.09. The van der Waals surface area contributed by atoms with Gasteiger partial charge in [-0.2, -0.15) is 0 Å². The molecule has 0 saturated carbocycles. The zero-order chi connectivity index (χ0) is 15.8. The van der Waals surface area contributed by atoms with Gasteiger partial charge in [0.2, 0.25) is 0 Å². The van der Waals surface area contributed by atoms with Crippen LogP contribution in [0.25, 0.3) is 0 Å². The zero-order valence-corrected chi connectivity index (χ0v) is 14.4. The molecule has 0 bridgehead atoms. The van der Waals surface area contributed by atoms with Crippen molar-refractivity contribution < 1.29 is 17.7 Å². The maximum absolute atomic E-state index is 12.7. The van der Waals surface area contributed by atoms with Gasteiger partial charge in [0.05, 0.1) is 16.5 Å². The third-order valence-corrected chi connectivity index (χ3v) is 5.47. The van der Waals surface area contributed by atoms with Crippen LogP contribution in [0, 0.1) is 13.8 Å². The van der Waals surface area contributed by atoms with Crippen LogP contribution in [0.15, 0.2) is 32.1 Å². The Bertz CT molecular complexity index is 751. The lowest BCUT2D eigenvalue weighted by atomic mass is 10.3. The second kappa shape index (κ2) is 5.69. The second-order valence-corrected chi connectivity index (χ2v) is 7.27. The summed E-state index contributed by atoms with van der Waals surface area (Å²) in [6.07, 6.45) is 0. The fourth-order valence-electron chi connectivity index (χ4n) is 2.01. The third kappa shape index (κ3) is 2.77. The molecule has 0 atom stereocenters. The molecule has 2 aromatic rings. The van der Waals surface area contributed by atoms with E-state index < -0.39 is 10.0 Å². The Morgan fingerprint density at radius 3 is 2.48 bits per heavy atom. The van der Waals surface area contributed by atoms with Crippen LogP contribution >= 0.6 is 15.9 Å². The standard InChI is InChI=1S/C13H15BrN2O4S/c1-8-13(9(2)20-15-8)16(3)21(17,18)10-5-6-12(19-4)11(14)7-10/h5-7H,1-4H3. The highest BCUT2D eigenvalue weighted by Crippen LogP contribution is 2.32. The van der Waals surface area contributed by atoms with E-state index >= 15 is 0 Å². The molecule has 0 aliphatic carbocycles. The molecule has 2 rings (SSSR count). The van der Waals surface area contributed by atoms with Gasteiger partial charge in [-0.1, -0.05) is 5.16 Å². The van der Waals surface area contributed by atoms with Gasteiger partial charge < -0.3 is 9.26 Å². The van der Waals surface area contributed by atoms with E-state index in [4.69, 9.17) is 9.26 Å². The van der Waals surface area contributed by atoms with Crippen molar-refractivity contribution in [1.82, 2.24) is 5.16 Å². The number of benzene rings is 1. The van der Waals surface area contributed by atoms with Crippen molar-refractivity contribution in [2.75, 3.05) is 18.5 Å². The molecule has 1 aromatic carbocycles. The predicted molar refractivity (Wildman–Crippen MR) is 82.3 cm³/mol. The first-order valence-corrected chi connectivity index (χ1v) is 8.27. The summed E-state index contributed by atoms with van der Waals surface area (Å²) in [5, 5.41) is 3.78. The minimum absolute atomic E-state index is 0.151. The highest BCUT2D eigenvalue weighted by atomic mass is 79.9. The summed E-state index contributed by atoms with van der Waals surface area (Å²) >= 11 is 3.29. The van der Waals surface area contributed by atoms with Crippen LogP contribution in [0.5, 0.6) is 5.75 Å². The quantitative estimate of drug-likeness (QED) is 0.822. The van der Waals surface area contributed by atoms with Gasteiger partial charge in [0.25, 0.3) is 10.0 Å². The lowest BCUT2D eigenvalue weighted by Gasteiger charge is -2.19. The molecule has 21 heavy (non-hydrogen) atoms. The van der Waals surface area contributed by atoms with Gasteiger partial charge in [-0.3, -0.25) is 4.31 Å². The fourth-order valence-corrected chi connectivity index (χ4v) is 4.03. The van der Waals surface area contributed by atoms with Crippen LogP contribution in [0.3, 0.4) is 0 Å². The first-order valence-electron chi connectivity index (χ1n) is 6.04. The van der Waals surface area contributed by atoms with Crippen molar-refractivity contribution in [1.29, 1.82) is 0 Å². The van der Waals surface area contributed by atoms with Crippen molar-refractivity contribution in [3.05, 3.63) is 34.1 Å². The molecule has 0 aliphatic heterocycles. The number of rotatable bonds is 4. The number of sulfonamides is 1. The minimum Gasteiger partial charge on any atom is -0.496 e. The molecule has 0 aliphatic rings. The lowest BCUT2D eigenvalue weighted by molar-refractivity contribution is 0.393. The van der Waals surface area contributed by atoms with Gasteiger partial charge in [0.15, 0.2) is 5.76 Å². The number of methoxy groups -OCH3 is 1. The molecule has 0 unspecified atom stereocenters. The van der Waals surface area contributed by atoms with Gasteiger partial charge in [-0.25, -0.2) is 8.42 Å². The highest BCUT2D eigenvalue weighted by Gasteiger charge is 2.27. The Kier molecular flexibility index (Phi) is 4.29. The highest BCUT2D eigenvalue weighted by molar-refractivity contribution is 9.10. The number of halogens is 1. The van der Waals surface area contributed by atoms with Crippen LogP contribution in [0.2, 0.25) is 0 Å². The van der Waals surface area contributed by atoms with Crippen LogP contribution in [0.1, 0.15) is 11.5 Å². The van der Waals surface area contributed by atoms with Gasteiger partial charge >= 0.3 is 0 Å². The molecule has 0 N–H and O–H groups in total. The van der Waals surface area contributed by atoms with Crippen molar-refractivity contribution in [3.8, 4) is 5.75 Å². The molecule has 1 heterocycles. The molecule has 0 radical (unpaired) electrons. The Hall–Kier alpha value is -1.54. The van der Waals surface area contributed by atoms with E-state index in [1.807, 2.05) is 0 Å². The monoisotopic (exact) mass is 374 g/mol. The van der Waals surface area contributed by atoms with Crippen LogP contribution in [0.4, 0.5) is 5.69 Å². The molecule has 0 saturated heterocycles. The summed E-state index contributed by atoms with van der Waals surface area (Å²) in [5.41, 5.74) is 0.966. The number of aromatic nitrogens is 1. The maximum atomic E-state index is 12.7. The molecule has 0 spiro atoms. The summed E-state index contributed by atoms with van der Waals surface area (Å²) in [4.78, 5) is 0.151. The molecular weight excluding hydrogens is 360 g/mol. The molecule has 114 valence electrons. The molecule has 8 heteroatoms. The van der Waals surface area contributed by atoms with Gasteiger partial charge in [0, 0.05) is 7.05 Å². The van der Waals surface area contributed by atoms with Crippen LogP contribution in [-0.2, 0) is 10.0 Å². The fraction of sp³-hybridized carbons (Fsp3) is 0.308. The SMILES string of the molecule is COc1ccc(S(=O)(=O)N(C)c2c(C)noc2C)cc1Br. The Labute approximate surface area is 131 Å². The number of hydrogen-bond donors (Lipinski definition) is 0. The Morgan fingerprint density at radius 1 is 1.33 bits per heavy atom. The largest absolute Gasteiger partial charge is 0.496 e. The predicted octanol–water partition coefficient (Wildman–Crippen LogP) is 2.89. The number of aryl methyl sites for hydroxylation is 2. The van der Waals surface area contributed by atoms with E-state index in [0.29, 0.717) is 27.4 Å². The van der Waals surface area contributed by atoms with E-state index in [-0.39, 0.29) is 4.90 Å². The molecular formula is C13H15BrN2O4S. The summed E-state index contributed by atoms with van der Waals surface area (Å²) in [6, 6.07) is 4.59. The summed E-state index contributed by atoms with van der Waals surface area (Å²) < 4.78 is 37.2. The minimum atomic E-state index is -3.71. The van der Waals surface area contributed by atoms with E-state index in [0.717, 1.165) is 0 Å². The van der Waals surface area contributed by atoms with Gasteiger partial charge in [-0.15, -0.1) is 0 Å². The second-order valence-electron chi connectivity index (χ2n) is 4.44. The summed E-state index contributed by atoms with van der Waals surface area (Å²) in [7, 11) is -0.716. The maximum Gasteiger partial charge on any atom is 0.264 e. The Morgan fingerprint density at radius 2 is 2.00 bits per heavy atom. The van der Waals surface area contributed by atoms with Crippen molar-refractivity contribution in [2.24, 2.45) is 0 Å². The van der Waals surface area contributed by atoms with Crippen molar-refractivity contribution in [3.63, 3.8) is 0 Å². The average Bonchev–Trinajstić information content (AvgIpc) is 2.77. The van der Waals surface area contributed by atoms with Crippen molar-refractivity contribution in [2.45, 2.75) is 18.7 Å². The van der Waals surface area contributed by atoms with E-state index in [9.17, 15) is 8.42 Å². The first kappa shape index (κ1) is 15.8. The number of anilines is 1. The first-order chi connectivity index (χ1) is 9.78. The number of hydrogen-bond acceptors (Lipinski definition) is 5. The average molecular weight is 375 g/mol. The van der Waals surface area contributed by atoms with Crippen molar-refractivity contribution >= 4 is 31.6 Å². The van der Waals surface area contributed by atoms with Gasteiger partial charge in [-0.05, 0) is 48.0 Å². The zero-order valence-electron chi connectivity index (χ0n) is 12.0. The Balaban J connectivity index is 2.49. The summed E-state index contributed by atoms with van der Waals surface area (Å²) in [6.45, 7) is 3.37. The summed E-state index contributed by atoms with van der Waals surface area (Å²) in [5.74, 6) is 1.01. The topological polar surface area (TPSA) is 72.6 Å². The van der Waals surface area contributed by atoms with E-state index in [1.54, 1.807) is 19.9 Å². The van der Waals surface area contributed by atoms with Gasteiger partial charge in [0.1, 0.15) is 17.1 Å². The lowest BCUT2D eigenvalue weighted by Crippen LogP contribution is -2.27. The smallest absolute Gasteiger partial charge is 0.264 e. The normalized spacial score (nSPS) is 11.5.